The fourth-order valence-corrected chi connectivity index (χ4v) is 6.40. The SMILES string of the molecule is CC(C)C[C@H]1CC[C@H](C(=O)N2Cc3cccnc3Nc3ccc(N4CC5CC(C4)O5)cc32)CC1. The zero-order valence-corrected chi connectivity index (χ0v) is 20.4. The highest BCUT2D eigenvalue weighted by Gasteiger charge is 2.39. The van der Waals surface area contributed by atoms with Gasteiger partial charge in [-0.05, 0) is 68.2 Å². The van der Waals surface area contributed by atoms with Gasteiger partial charge in [-0.15, -0.1) is 0 Å². The number of benzene rings is 1. The summed E-state index contributed by atoms with van der Waals surface area (Å²) in [7, 11) is 0. The largest absolute Gasteiger partial charge is 0.371 e. The third kappa shape index (κ3) is 4.17. The van der Waals surface area contributed by atoms with Crippen LogP contribution in [0.15, 0.2) is 36.5 Å². The first-order valence-corrected chi connectivity index (χ1v) is 13.1. The van der Waals surface area contributed by atoms with Gasteiger partial charge in [-0.2, -0.15) is 0 Å². The van der Waals surface area contributed by atoms with Gasteiger partial charge in [-0.1, -0.05) is 19.9 Å². The van der Waals surface area contributed by atoms with Crippen molar-refractivity contribution in [1.29, 1.82) is 0 Å². The van der Waals surface area contributed by atoms with Crippen molar-refractivity contribution in [3.8, 4) is 0 Å². The highest BCUT2D eigenvalue weighted by Crippen LogP contribution is 2.41. The Morgan fingerprint density at radius 3 is 2.65 bits per heavy atom. The topological polar surface area (TPSA) is 57.7 Å². The third-order valence-electron chi connectivity index (χ3n) is 8.14. The van der Waals surface area contributed by atoms with Crippen LogP contribution in [0.25, 0.3) is 0 Å². The summed E-state index contributed by atoms with van der Waals surface area (Å²) >= 11 is 0. The molecule has 0 radical (unpaired) electrons. The van der Waals surface area contributed by atoms with Crippen molar-refractivity contribution in [1.82, 2.24) is 4.98 Å². The van der Waals surface area contributed by atoms with E-state index in [1.54, 1.807) is 0 Å². The Morgan fingerprint density at radius 1 is 1.15 bits per heavy atom. The van der Waals surface area contributed by atoms with Crippen LogP contribution in [-0.2, 0) is 16.1 Å². The van der Waals surface area contributed by atoms with E-state index in [0.717, 1.165) is 60.5 Å². The van der Waals surface area contributed by atoms with Crippen LogP contribution in [0.5, 0.6) is 0 Å². The molecule has 6 heteroatoms. The number of nitrogens with zero attached hydrogens (tertiary/aromatic N) is 3. The Balaban J connectivity index is 1.29. The summed E-state index contributed by atoms with van der Waals surface area (Å²) in [6.07, 6.45) is 9.31. The summed E-state index contributed by atoms with van der Waals surface area (Å²) < 4.78 is 5.85. The fourth-order valence-electron chi connectivity index (χ4n) is 6.40. The minimum Gasteiger partial charge on any atom is -0.371 e. The number of piperidine rings is 1. The van der Waals surface area contributed by atoms with Crippen LogP contribution in [0.4, 0.5) is 22.9 Å². The average molecular weight is 461 g/mol. The lowest BCUT2D eigenvalue weighted by molar-refractivity contribution is -0.133. The van der Waals surface area contributed by atoms with Crippen LogP contribution in [-0.4, -0.2) is 36.2 Å². The molecule has 6 nitrogen and oxygen atoms in total. The Hall–Kier alpha value is -2.60. The number of nitrogens with one attached hydrogen (secondary N) is 1. The van der Waals surface area contributed by atoms with Gasteiger partial charge in [0.05, 0.1) is 30.1 Å². The molecular weight excluding hydrogens is 424 g/mol. The molecule has 7 rings (SSSR count). The first-order valence-electron chi connectivity index (χ1n) is 13.1. The molecule has 5 aliphatic rings. The minimum absolute atomic E-state index is 0.106. The number of aromatic nitrogens is 1. The van der Waals surface area contributed by atoms with Gasteiger partial charge in [0.25, 0.3) is 0 Å². The lowest BCUT2D eigenvalue weighted by atomic mass is 9.78. The Morgan fingerprint density at radius 2 is 1.91 bits per heavy atom. The van der Waals surface area contributed by atoms with E-state index >= 15 is 0 Å². The normalized spacial score (nSPS) is 27.9. The quantitative estimate of drug-likeness (QED) is 0.653. The molecule has 1 aromatic heterocycles. The number of fused-ring (bicyclic) bond motifs is 4. The number of morpholine rings is 1. The van der Waals surface area contributed by atoms with Gasteiger partial charge >= 0.3 is 0 Å². The predicted molar refractivity (Wildman–Crippen MR) is 136 cm³/mol. The molecule has 4 fully saturated rings. The summed E-state index contributed by atoms with van der Waals surface area (Å²) in [5.74, 6) is 2.72. The second-order valence-corrected chi connectivity index (χ2v) is 11.1. The number of hydrogen-bond donors (Lipinski definition) is 1. The van der Waals surface area contributed by atoms with E-state index < -0.39 is 0 Å². The van der Waals surface area contributed by atoms with E-state index in [4.69, 9.17) is 4.74 Å². The molecule has 1 N–H and O–H groups in total. The Kier molecular flexibility index (Phi) is 5.72. The number of pyridine rings is 1. The van der Waals surface area contributed by atoms with Gasteiger partial charge in [-0.3, -0.25) is 4.79 Å². The van der Waals surface area contributed by atoms with Crippen molar-refractivity contribution in [2.75, 3.05) is 28.2 Å². The zero-order chi connectivity index (χ0) is 23.2. The van der Waals surface area contributed by atoms with Crippen LogP contribution in [0.3, 0.4) is 0 Å². The molecular formula is C28H36N4O2. The molecule has 1 saturated carbocycles. The molecule has 2 atom stereocenters. The highest BCUT2D eigenvalue weighted by atomic mass is 16.5. The summed E-state index contributed by atoms with van der Waals surface area (Å²) in [6, 6.07) is 10.5. The van der Waals surface area contributed by atoms with E-state index in [2.05, 4.69) is 53.3 Å². The molecule has 1 amide bonds. The maximum atomic E-state index is 14.0. The zero-order valence-electron chi connectivity index (χ0n) is 20.4. The van der Waals surface area contributed by atoms with Gasteiger partial charge in [0.1, 0.15) is 5.82 Å². The maximum Gasteiger partial charge on any atom is 0.230 e. The Labute approximate surface area is 202 Å². The molecule has 0 spiro atoms. The van der Waals surface area contributed by atoms with Gasteiger partial charge in [0, 0.05) is 42.9 Å². The number of hydrogen-bond acceptors (Lipinski definition) is 5. The van der Waals surface area contributed by atoms with E-state index in [-0.39, 0.29) is 11.8 Å². The molecule has 4 aliphatic heterocycles. The molecule has 3 saturated heterocycles. The lowest BCUT2D eigenvalue weighted by Crippen LogP contribution is -2.57. The van der Waals surface area contributed by atoms with Crippen LogP contribution < -0.4 is 15.1 Å². The van der Waals surface area contributed by atoms with Crippen molar-refractivity contribution in [2.24, 2.45) is 17.8 Å². The first kappa shape index (κ1) is 21.9. The first-order chi connectivity index (χ1) is 16.5. The van der Waals surface area contributed by atoms with Gasteiger partial charge in [0.2, 0.25) is 5.91 Å². The summed E-state index contributed by atoms with van der Waals surface area (Å²) in [5.41, 5.74) is 4.18. The van der Waals surface area contributed by atoms with Crippen molar-refractivity contribution >= 4 is 28.8 Å². The summed E-state index contributed by atoms with van der Waals surface area (Å²) in [6.45, 7) is 7.03. The predicted octanol–water partition coefficient (Wildman–Crippen LogP) is 5.50. The molecule has 1 aromatic carbocycles. The average Bonchev–Trinajstić information content (AvgIpc) is 2.99. The van der Waals surface area contributed by atoms with Gasteiger partial charge < -0.3 is 19.9 Å². The van der Waals surface area contributed by atoms with E-state index in [1.807, 2.05) is 17.2 Å². The van der Waals surface area contributed by atoms with Crippen molar-refractivity contribution in [3.05, 3.63) is 42.1 Å². The molecule has 180 valence electrons. The second kappa shape index (κ2) is 8.88. The summed E-state index contributed by atoms with van der Waals surface area (Å²) in [5, 5.41) is 3.52. The Bertz CT molecular complexity index is 1050. The van der Waals surface area contributed by atoms with Gasteiger partial charge in [0.15, 0.2) is 0 Å². The van der Waals surface area contributed by atoms with Crippen LogP contribution >= 0.6 is 0 Å². The smallest absolute Gasteiger partial charge is 0.230 e. The molecule has 1 aliphatic carbocycles. The molecule has 2 bridgehead atoms. The summed E-state index contributed by atoms with van der Waals surface area (Å²) in [4.78, 5) is 23.0. The number of rotatable bonds is 4. The second-order valence-electron chi connectivity index (χ2n) is 11.1. The van der Waals surface area contributed by atoms with Crippen molar-refractivity contribution in [3.63, 3.8) is 0 Å². The van der Waals surface area contributed by atoms with E-state index in [9.17, 15) is 4.79 Å². The van der Waals surface area contributed by atoms with Crippen LogP contribution in [0.2, 0.25) is 0 Å². The van der Waals surface area contributed by atoms with Crippen LogP contribution in [0, 0.1) is 17.8 Å². The lowest BCUT2D eigenvalue weighted by Gasteiger charge is -2.48. The minimum atomic E-state index is 0.106. The third-order valence-corrected chi connectivity index (χ3v) is 8.14. The number of carbonyl (C=O) groups is 1. The van der Waals surface area contributed by atoms with Gasteiger partial charge in [-0.25, -0.2) is 4.98 Å². The van der Waals surface area contributed by atoms with Crippen LogP contribution in [0.1, 0.15) is 57.9 Å². The monoisotopic (exact) mass is 460 g/mol. The number of carbonyl (C=O) groups excluding carboxylic acids is 1. The van der Waals surface area contributed by atoms with Crippen molar-refractivity contribution in [2.45, 2.75) is 71.1 Å². The molecule has 2 aromatic rings. The number of anilines is 4. The molecule has 34 heavy (non-hydrogen) atoms. The highest BCUT2D eigenvalue weighted by molar-refractivity contribution is 6.00. The molecule has 2 unspecified atom stereocenters. The van der Waals surface area contributed by atoms with E-state index in [1.165, 1.54) is 31.4 Å². The number of amides is 1. The standard InChI is InChI=1S/C28H36N4O2/c1-18(2)12-19-5-7-20(8-6-19)28(33)32-15-21-4-3-11-29-27(21)30-25-10-9-22(13-26(25)32)31-16-23-14-24(17-31)34-23/h3-4,9-11,13,18-20,23-24H,5-8,12,14-17H2,1-2H3,(H,29,30)/t19-,20-,23?,24?. The molecule has 5 heterocycles. The maximum absolute atomic E-state index is 14.0. The van der Waals surface area contributed by atoms with Crippen molar-refractivity contribution < 1.29 is 9.53 Å². The fraction of sp³-hybridized carbons (Fsp3) is 0.571. The van der Waals surface area contributed by atoms with E-state index in [0.29, 0.717) is 18.8 Å². The number of ether oxygens (including phenoxy) is 1.